The average molecular weight is 387 g/mol. The Morgan fingerprint density at radius 3 is 2.57 bits per heavy atom. The molecule has 1 fully saturated rings. The zero-order valence-corrected chi connectivity index (χ0v) is 16.4. The van der Waals surface area contributed by atoms with Gasteiger partial charge in [-0.15, -0.1) is 0 Å². The van der Waals surface area contributed by atoms with Crippen LogP contribution in [0, 0.1) is 17.6 Å². The third-order valence-corrected chi connectivity index (χ3v) is 5.50. The summed E-state index contributed by atoms with van der Waals surface area (Å²) >= 11 is 0. The van der Waals surface area contributed by atoms with E-state index in [1.54, 1.807) is 30.3 Å². The Kier molecular flexibility index (Phi) is 6.79. The van der Waals surface area contributed by atoms with Gasteiger partial charge in [-0.1, -0.05) is 37.6 Å². The Labute approximate surface area is 165 Å². The molecule has 0 amide bonds. The smallest absolute Gasteiger partial charge is 0.198 e. The number of hydrogen-bond acceptors (Lipinski definition) is 3. The van der Waals surface area contributed by atoms with E-state index in [0.29, 0.717) is 24.2 Å². The predicted molar refractivity (Wildman–Crippen MR) is 105 cm³/mol. The van der Waals surface area contributed by atoms with Crippen molar-refractivity contribution in [2.24, 2.45) is 5.92 Å². The standard InChI is InChI=1S/C23H27F2NO2/c1-3-20(26-15(2)17-11-7-8-12-21(17)27)18-13-14-19(24)23(22(18)25)28-16-9-5-4-6-10-16/h4-6,9-10,13-15,17,20,26H,3,7-8,11-12H2,1-2H3. The van der Waals surface area contributed by atoms with Gasteiger partial charge in [0, 0.05) is 30.0 Å². The molecule has 3 nitrogen and oxygen atoms in total. The van der Waals surface area contributed by atoms with Crippen LogP contribution in [0.3, 0.4) is 0 Å². The normalized spacial score (nSPS) is 19.3. The molecule has 0 aromatic heterocycles. The van der Waals surface area contributed by atoms with Gasteiger partial charge in [0.15, 0.2) is 17.4 Å². The van der Waals surface area contributed by atoms with Gasteiger partial charge < -0.3 is 10.1 Å². The molecule has 0 saturated heterocycles. The van der Waals surface area contributed by atoms with Crippen molar-refractivity contribution in [2.75, 3.05) is 0 Å². The quantitative estimate of drug-likeness (QED) is 0.638. The summed E-state index contributed by atoms with van der Waals surface area (Å²) in [5, 5.41) is 3.40. The van der Waals surface area contributed by atoms with E-state index in [9.17, 15) is 9.18 Å². The van der Waals surface area contributed by atoms with E-state index in [0.717, 1.165) is 19.3 Å². The molecule has 2 aromatic rings. The van der Waals surface area contributed by atoms with Gasteiger partial charge in [-0.3, -0.25) is 4.79 Å². The minimum atomic E-state index is -0.740. The minimum Gasteiger partial charge on any atom is -0.451 e. The van der Waals surface area contributed by atoms with E-state index >= 15 is 4.39 Å². The lowest BCUT2D eigenvalue weighted by molar-refractivity contribution is -0.125. The first-order valence-electron chi connectivity index (χ1n) is 10.0. The number of hydrogen-bond donors (Lipinski definition) is 1. The van der Waals surface area contributed by atoms with Crippen LogP contribution in [0.5, 0.6) is 11.5 Å². The van der Waals surface area contributed by atoms with E-state index in [-0.39, 0.29) is 23.8 Å². The number of benzene rings is 2. The van der Waals surface area contributed by atoms with Gasteiger partial charge >= 0.3 is 0 Å². The summed E-state index contributed by atoms with van der Waals surface area (Å²) in [7, 11) is 0. The van der Waals surface area contributed by atoms with Crippen molar-refractivity contribution in [2.45, 2.75) is 58.0 Å². The van der Waals surface area contributed by atoms with Crippen LogP contribution < -0.4 is 10.1 Å². The maximum Gasteiger partial charge on any atom is 0.198 e. The van der Waals surface area contributed by atoms with Gasteiger partial charge in [0.25, 0.3) is 0 Å². The van der Waals surface area contributed by atoms with Crippen molar-refractivity contribution in [3.8, 4) is 11.5 Å². The Balaban J connectivity index is 1.82. The molecule has 0 spiro atoms. The van der Waals surface area contributed by atoms with Crippen LogP contribution in [0.4, 0.5) is 8.78 Å². The lowest BCUT2D eigenvalue weighted by Gasteiger charge is -2.31. The SMILES string of the molecule is CCC(NC(C)C1CCCCC1=O)c1ccc(F)c(Oc2ccccc2)c1F. The number of ether oxygens (including phenoxy) is 1. The summed E-state index contributed by atoms with van der Waals surface area (Å²) in [5.74, 6) is -1.24. The van der Waals surface area contributed by atoms with Crippen LogP contribution in [0.2, 0.25) is 0 Å². The highest BCUT2D eigenvalue weighted by Crippen LogP contribution is 2.34. The molecule has 1 aliphatic rings. The molecule has 0 radical (unpaired) electrons. The third-order valence-electron chi connectivity index (χ3n) is 5.50. The van der Waals surface area contributed by atoms with E-state index in [2.05, 4.69) is 5.32 Å². The molecule has 150 valence electrons. The Morgan fingerprint density at radius 2 is 1.89 bits per heavy atom. The number of carbonyl (C=O) groups excluding carboxylic acids is 1. The molecule has 28 heavy (non-hydrogen) atoms. The van der Waals surface area contributed by atoms with E-state index < -0.39 is 17.4 Å². The van der Waals surface area contributed by atoms with Gasteiger partial charge in [-0.05, 0) is 44.4 Å². The summed E-state index contributed by atoms with van der Waals surface area (Å²) in [6.45, 7) is 3.91. The summed E-state index contributed by atoms with van der Waals surface area (Å²) < 4.78 is 34.9. The molecule has 3 rings (SSSR count). The van der Waals surface area contributed by atoms with Crippen LogP contribution >= 0.6 is 0 Å². The second-order valence-electron chi connectivity index (χ2n) is 7.43. The molecule has 2 aromatic carbocycles. The maximum absolute atomic E-state index is 15.2. The van der Waals surface area contributed by atoms with Crippen molar-refractivity contribution in [1.29, 1.82) is 0 Å². The second kappa shape index (κ2) is 9.28. The highest BCUT2D eigenvalue weighted by molar-refractivity contribution is 5.82. The summed E-state index contributed by atoms with van der Waals surface area (Å²) in [6.07, 6.45) is 4.08. The van der Waals surface area contributed by atoms with Gasteiger partial charge in [0.1, 0.15) is 11.5 Å². The van der Waals surface area contributed by atoms with Gasteiger partial charge in [-0.2, -0.15) is 0 Å². The van der Waals surface area contributed by atoms with Crippen molar-refractivity contribution >= 4 is 5.78 Å². The number of carbonyl (C=O) groups is 1. The van der Waals surface area contributed by atoms with Crippen LogP contribution in [-0.2, 0) is 4.79 Å². The number of nitrogens with one attached hydrogen (secondary N) is 1. The fraction of sp³-hybridized carbons (Fsp3) is 0.435. The maximum atomic E-state index is 15.2. The number of halogens is 2. The van der Waals surface area contributed by atoms with Crippen LogP contribution in [0.25, 0.3) is 0 Å². The molecular formula is C23H27F2NO2. The van der Waals surface area contributed by atoms with E-state index in [4.69, 9.17) is 4.74 Å². The molecule has 1 saturated carbocycles. The molecule has 1 aliphatic carbocycles. The molecule has 5 heteroatoms. The minimum absolute atomic E-state index is 0.0497. The van der Waals surface area contributed by atoms with Crippen molar-refractivity contribution in [1.82, 2.24) is 5.32 Å². The Hall–Kier alpha value is -2.27. The first-order valence-corrected chi connectivity index (χ1v) is 10.0. The number of rotatable bonds is 7. The third kappa shape index (κ3) is 4.58. The number of Topliss-reactive ketones (excluding diaryl/α,β-unsaturated/α-hetero) is 1. The summed E-state index contributed by atoms with van der Waals surface area (Å²) in [5.41, 5.74) is 0.352. The number of ketones is 1. The fourth-order valence-electron chi connectivity index (χ4n) is 3.92. The Bertz CT molecular complexity index is 810. The first-order chi connectivity index (χ1) is 13.5. The summed E-state index contributed by atoms with van der Waals surface area (Å²) in [4.78, 5) is 12.2. The average Bonchev–Trinajstić information content (AvgIpc) is 2.71. The molecule has 0 aliphatic heterocycles. The number of para-hydroxylation sites is 1. The molecular weight excluding hydrogens is 360 g/mol. The Morgan fingerprint density at radius 1 is 1.14 bits per heavy atom. The molecule has 3 atom stereocenters. The highest BCUT2D eigenvalue weighted by Gasteiger charge is 2.30. The molecule has 3 unspecified atom stereocenters. The van der Waals surface area contributed by atoms with Crippen LogP contribution in [0.1, 0.15) is 57.6 Å². The highest BCUT2D eigenvalue weighted by atomic mass is 19.1. The van der Waals surface area contributed by atoms with Crippen molar-refractivity contribution in [3.63, 3.8) is 0 Å². The zero-order chi connectivity index (χ0) is 20.1. The summed E-state index contributed by atoms with van der Waals surface area (Å²) in [6, 6.07) is 10.9. The lowest BCUT2D eigenvalue weighted by Crippen LogP contribution is -2.41. The topological polar surface area (TPSA) is 38.3 Å². The first kappa shape index (κ1) is 20.5. The van der Waals surface area contributed by atoms with Crippen molar-refractivity contribution in [3.05, 3.63) is 59.7 Å². The fourth-order valence-corrected chi connectivity index (χ4v) is 3.92. The molecule has 0 heterocycles. The van der Waals surface area contributed by atoms with E-state index in [1.165, 1.54) is 12.1 Å². The molecule has 1 N–H and O–H groups in total. The van der Waals surface area contributed by atoms with Gasteiger partial charge in [-0.25, -0.2) is 8.78 Å². The molecule has 0 bridgehead atoms. The van der Waals surface area contributed by atoms with Gasteiger partial charge in [0.2, 0.25) is 0 Å². The van der Waals surface area contributed by atoms with Crippen LogP contribution in [-0.4, -0.2) is 11.8 Å². The van der Waals surface area contributed by atoms with Gasteiger partial charge in [0.05, 0.1) is 0 Å². The monoisotopic (exact) mass is 387 g/mol. The zero-order valence-electron chi connectivity index (χ0n) is 16.4. The van der Waals surface area contributed by atoms with E-state index in [1.807, 2.05) is 13.8 Å². The second-order valence-corrected chi connectivity index (χ2v) is 7.43. The van der Waals surface area contributed by atoms with Crippen molar-refractivity contribution < 1.29 is 18.3 Å². The lowest BCUT2D eigenvalue weighted by atomic mass is 9.83. The largest absolute Gasteiger partial charge is 0.451 e. The van der Waals surface area contributed by atoms with Crippen LogP contribution in [0.15, 0.2) is 42.5 Å². The predicted octanol–water partition coefficient (Wildman–Crippen LogP) is 5.95.